The van der Waals surface area contributed by atoms with E-state index < -0.39 is 0 Å². The van der Waals surface area contributed by atoms with Crippen molar-refractivity contribution in [2.24, 2.45) is 0 Å². The van der Waals surface area contributed by atoms with Gasteiger partial charge in [-0.1, -0.05) is 22.0 Å². The first-order valence-electron chi connectivity index (χ1n) is 6.13. The van der Waals surface area contributed by atoms with Gasteiger partial charge < -0.3 is 5.32 Å². The van der Waals surface area contributed by atoms with Crippen LogP contribution in [0.15, 0.2) is 45.3 Å². The average Bonchev–Trinajstić information content (AvgIpc) is 2.76. The third kappa shape index (κ3) is 2.70. The summed E-state index contributed by atoms with van der Waals surface area (Å²) in [5.41, 5.74) is 3.66. The number of fused-ring (bicyclic) bond motifs is 1. The molecule has 98 valence electrons. The SMILES string of the molecule is Fc1ccc(NC2CCc3cc(Br)ccc32)cc1Br. The maximum absolute atomic E-state index is 13.2. The molecule has 0 radical (unpaired) electrons. The Labute approximate surface area is 128 Å². The molecule has 0 aliphatic heterocycles. The normalized spacial score (nSPS) is 17.3. The van der Waals surface area contributed by atoms with Gasteiger partial charge in [-0.2, -0.15) is 0 Å². The zero-order valence-electron chi connectivity index (χ0n) is 10.1. The van der Waals surface area contributed by atoms with Crippen LogP contribution in [-0.2, 0) is 6.42 Å². The van der Waals surface area contributed by atoms with Gasteiger partial charge in [-0.25, -0.2) is 4.39 Å². The Morgan fingerprint density at radius 1 is 1.11 bits per heavy atom. The molecule has 0 aromatic heterocycles. The van der Waals surface area contributed by atoms with E-state index in [4.69, 9.17) is 0 Å². The maximum Gasteiger partial charge on any atom is 0.137 e. The van der Waals surface area contributed by atoms with E-state index in [1.54, 1.807) is 12.1 Å². The first-order valence-corrected chi connectivity index (χ1v) is 7.72. The zero-order valence-corrected chi connectivity index (χ0v) is 13.3. The summed E-state index contributed by atoms with van der Waals surface area (Å²) in [7, 11) is 0. The van der Waals surface area contributed by atoms with Gasteiger partial charge in [0.05, 0.1) is 10.5 Å². The number of hydrogen-bond acceptors (Lipinski definition) is 1. The Balaban J connectivity index is 1.84. The van der Waals surface area contributed by atoms with Crippen LogP contribution in [0.5, 0.6) is 0 Å². The van der Waals surface area contributed by atoms with Crippen LogP contribution in [0.25, 0.3) is 0 Å². The lowest BCUT2D eigenvalue weighted by atomic mass is 10.1. The summed E-state index contributed by atoms with van der Waals surface area (Å²) >= 11 is 6.72. The van der Waals surface area contributed by atoms with Crippen molar-refractivity contribution in [2.75, 3.05) is 5.32 Å². The fourth-order valence-corrected chi connectivity index (χ4v) is 3.31. The second-order valence-electron chi connectivity index (χ2n) is 4.71. The second kappa shape index (κ2) is 5.25. The number of aryl methyl sites for hydroxylation is 1. The quantitative estimate of drug-likeness (QED) is 0.725. The molecule has 1 N–H and O–H groups in total. The summed E-state index contributed by atoms with van der Waals surface area (Å²) in [5.74, 6) is -0.235. The monoisotopic (exact) mass is 383 g/mol. The molecule has 0 saturated heterocycles. The predicted octanol–water partition coefficient (Wildman–Crippen LogP) is 5.45. The molecule has 2 aromatic rings. The van der Waals surface area contributed by atoms with Crippen molar-refractivity contribution in [1.82, 2.24) is 0 Å². The van der Waals surface area contributed by atoms with Crippen molar-refractivity contribution in [1.29, 1.82) is 0 Å². The van der Waals surface area contributed by atoms with Crippen LogP contribution in [0.2, 0.25) is 0 Å². The second-order valence-corrected chi connectivity index (χ2v) is 6.48. The van der Waals surface area contributed by atoms with Crippen molar-refractivity contribution in [2.45, 2.75) is 18.9 Å². The van der Waals surface area contributed by atoms with E-state index >= 15 is 0 Å². The van der Waals surface area contributed by atoms with Crippen molar-refractivity contribution in [3.8, 4) is 0 Å². The summed E-state index contributed by atoms with van der Waals surface area (Å²) in [6.45, 7) is 0. The molecule has 0 fully saturated rings. The highest BCUT2D eigenvalue weighted by Crippen LogP contribution is 2.35. The van der Waals surface area contributed by atoms with E-state index in [9.17, 15) is 4.39 Å². The fourth-order valence-electron chi connectivity index (χ4n) is 2.52. The summed E-state index contributed by atoms with van der Waals surface area (Å²) in [5, 5.41) is 3.47. The van der Waals surface area contributed by atoms with E-state index in [0.29, 0.717) is 10.5 Å². The van der Waals surface area contributed by atoms with E-state index in [1.165, 1.54) is 17.2 Å². The summed E-state index contributed by atoms with van der Waals surface area (Å²) in [4.78, 5) is 0. The molecular formula is C15H12Br2FN. The Kier molecular flexibility index (Phi) is 3.63. The summed E-state index contributed by atoms with van der Waals surface area (Å²) < 4.78 is 14.8. The number of benzene rings is 2. The fraction of sp³-hybridized carbons (Fsp3) is 0.200. The molecular weight excluding hydrogens is 373 g/mol. The third-order valence-electron chi connectivity index (χ3n) is 3.44. The Hall–Kier alpha value is -0.870. The molecule has 0 bridgehead atoms. The third-order valence-corrected chi connectivity index (χ3v) is 4.54. The van der Waals surface area contributed by atoms with Crippen LogP contribution in [0.3, 0.4) is 0 Å². The van der Waals surface area contributed by atoms with Crippen LogP contribution in [-0.4, -0.2) is 0 Å². The van der Waals surface area contributed by atoms with Gasteiger partial charge in [0.2, 0.25) is 0 Å². The van der Waals surface area contributed by atoms with Crippen molar-refractivity contribution >= 4 is 37.5 Å². The molecule has 1 aliphatic carbocycles. The summed E-state index contributed by atoms with van der Waals surface area (Å²) in [6.07, 6.45) is 2.15. The minimum atomic E-state index is -0.235. The molecule has 19 heavy (non-hydrogen) atoms. The molecule has 0 saturated carbocycles. The van der Waals surface area contributed by atoms with E-state index in [-0.39, 0.29) is 5.82 Å². The molecule has 0 heterocycles. The van der Waals surface area contributed by atoms with E-state index in [2.05, 4.69) is 55.4 Å². The van der Waals surface area contributed by atoms with Gasteiger partial charge in [-0.15, -0.1) is 0 Å². The lowest BCUT2D eigenvalue weighted by Crippen LogP contribution is -2.07. The smallest absolute Gasteiger partial charge is 0.137 e. The van der Waals surface area contributed by atoms with Gasteiger partial charge in [0.25, 0.3) is 0 Å². The van der Waals surface area contributed by atoms with Crippen molar-refractivity contribution in [3.63, 3.8) is 0 Å². The molecule has 4 heteroatoms. The van der Waals surface area contributed by atoms with Gasteiger partial charge in [0.15, 0.2) is 0 Å². The van der Waals surface area contributed by atoms with Gasteiger partial charge in [0.1, 0.15) is 5.82 Å². The molecule has 2 aromatic carbocycles. The number of anilines is 1. The van der Waals surface area contributed by atoms with E-state index in [1.807, 2.05) is 0 Å². The zero-order chi connectivity index (χ0) is 13.4. The van der Waals surface area contributed by atoms with Crippen LogP contribution in [0.1, 0.15) is 23.6 Å². The van der Waals surface area contributed by atoms with Gasteiger partial charge in [0, 0.05) is 10.2 Å². The van der Waals surface area contributed by atoms with Crippen LogP contribution in [0, 0.1) is 5.82 Å². The largest absolute Gasteiger partial charge is 0.378 e. The highest BCUT2D eigenvalue weighted by atomic mass is 79.9. The standard InChI is InChI=1S/C15H12Br2FN/c16-10-2-4-12-9(7-10)1-6-15(12)19-11-3-5-14(18)13(17)8-11/h2-5,7-8,15,19H,1,6H2. The molecule has 1 aliphatic rings. The van der Waals surface area contributed by atoms with Crippen molar-refractivity contribution in [3.05, 3.63) is 62.3 Å². The first-order chi connectivity index (χ1) is 9.13. The van der Waals surface area contributed by atoms with E-state index in [0.717, 1.165) is 23.0 Å². The molecule has 3 rings (SSSR count). The molecule has 1 atom stereocenters. The van der Waals surface area contributed by atoms with Crippen LogP contribution >= 0.6 is 31.9 Å². The Morgan fingerprint density at radius 3 is 2.74 bits per heavy atom. The highest BCUT2D eigenvalue weighted by molar-refractivity contribution is 9.10. The highest BCUT2D eigenvalue weighted by Gasteiger charge is 2.22. The van der Waals surface area contributed by atoms with Crippen LogP contribution in [0.4, 0.5) is 10.1 Å². The Bertz CT molecular complexity index is 628. The predicted molar refractivity (Wildman–Crippen MR) is 82.9 cm³/mol. The topological polar surface area (TPSA) is 12.0 Å². The summed E-state index contributed by atoms with van der Waals surface area (Å²) in [6, 6.07) is 11.7. The number of rotatable bonds is 2. The molecule has 1 unspecified atom stereocenters. The lowest BCUT2D eigenvalue weighted by molar-refractivity contribution is 0.621. The van der Waals surface area contributed by atoms with Gasteiger partial charge in [-0.3, -0.25) is 0 Å². The molecule has 1 nitrogen and oxygen atoms in total. The van der Waals surface area contributed by atoms with Crippen LogP contribution < -0.4 is 5.32 Å². The minimum absolute atomic E-state index is 0.235. The lowest BCUT2D eigenvalue weighted by Gasteiger charge is -2.16. The number of halogens is 3. The molecule has 0 amide bonds. The maximum atomic E-state index is 13.2. The van der Waals surface area contributed by atoms with Gasteiger partial charge in [-0.05, 0) is 70.2 Å². The number of nitrogens with one attached hydrogen (secondary N) is 1. The minimum Gasteiger partial charge on any atom is -0.378 e. The molecule has 0 spiro atoms. The van der Waals surface area contributed by atoms with Crippen molar-refractivity contribution < 1.29 is 4.39 Å². The first kappa shape index (κ1) is 13.1. The van der Waals surface area contributed by atoms with Gasteiger partial charge >= 0.3 is 0 Å². The number of hydrogen-bond donors (Lipinski definition) is 1. The Morgan fingerprint density at radius 2 is 1.95 bits per heavy atom. The average molecular weight is 385 g/mol.